The lowest BCUT2D eigenvalue weighted by molar-refractivity contribution is 0.0686. The number of nitriles is 14. The Bertz CT molecular complexity index is 7070. The molecule has 6 atom stereocenters. The molecule has 21 nitrogen and oxygen atoms in total. The minimum absolute atomic E-state index is 0.120. The van der Waals surface area contributed by atoms with Crippen molar-refractivity contribution in [1.29, 1.82) is 73.7 Å². The molecule has 0 bridgehead atoms. The maximum Gasteiger partial charge on any atom is 0.157 e. The Morgan fingerprint density at radius 3 is 0.885 bits per heavy atom. The van der Waals surface area contributed by atoms with Crippen LogP contribution in [0, 0.1) is 176 Å². The molecular formula is C111H97Cl4F3N14O7. The van der Waals surface area contributed by atoms with Gasteiger partial charge in [0, 0.05) is 32.8 Å². The third-order valence-corrected chi connectivity index (χ3v) is 26.6. The average molecular weight is 1940 g/mol. The number of hydrogen-bond acceptors (Lipinski definition) is 21. The lowest BCUT2D eigenvalue weighted by Crippen LogP contribution is -2.24. The molecule has 13 rings (SSSR count). The summed E-state index contributed by atoms with van der Waals surface area (Å²) in [6.45, 7) is 41.0. The zero-order valence-electron chi connectivity index (χ0n) is 81.1. The van der Waals surface area contributed by atoms with E-state index in [1.807, 2.05) is 143 Å². The van der Waals surface area contributed by atoms with E-state index in [2.05, 4.69) is 79.7 Å². The first-order valence-corrected chi connectivity index (χ1v) is 44.7. The number of hydrogen-bond donors (Lipinski definition) is 0. The zero-order chi connectivity index (χ0) is 104. The normalized spacial score (nSPS) is 23.3. The summed E-state index contributed by atoms with van der Waals surface area (Å²) in [5.74, 6) is 0.534. The number of allylic oxidation sites excluding steroid dienone is 14. The number of benzene rings is 6. The highest BCUT2D eigenvalue weighted by molar-refractivity contribution is 6.42. The van der Waals surface area contributed by atoms with E-state index in [1.165, 1.54) is 43.5 Å². The second-order valence-electron chi connectivity index (χ2n) is 34.2. The van der Waals surface area contributed by atoms with Crippen LogP contribution in [0.3, 0.4) is 0 Å². The molecule has 0 N–H and O–H groups in total. The number of aryl methyl sites for hydroxylation is 1. The van der Waals surface area contributed by atoms with E-state index < -0.39 is 50.8 Å². The third-order valence-electron chi connectivity index (χ3n) is 25.4. The molecule has 6 aromatic rings. The molecule has 0 aliphatic carbocycles. The Hall–Kier alpha value is -15.9. The smallest absolute Gasteiger partial charge is 0.157 e. The largest absolute Gasteiger partial charge is 0.481 e. The Labute approximate surface area is 830 Å². The van der Waals surface area contributed by atoms with Crippen LogP contribution in [0.2, 0.25) is 20.1 Å². The van der Waals surface area contributed by atoms with Gasteiger partial charge in [0.05, 0.1) is 131 Å². The fourth-order valence-corrected chi connectivity index (χ4v) is 16.4. The molecule has 0 radical (unpaired) electrons. The maximum atomic E-state index is 14.1. The van der Waals surface area contributed by atoms with Gasteiger partial charge in [0.25, 0.3) is 0 Å². The summed E-state index contributed by atoms with van der Waals surface area (Å²) in [5, 5.41) is 130. The standard InChI is InChI=1S/C20H22N2O.2C16H12Cl2N2O.C16H12F2N2O.C16H13FN2O.C16H14N2O.C11H12N2O/c1-5-6-7-16-8-10-17(11-9-16)20(4)15(3)18(13-22)19(23-20)14(2)12-21;1-9(7-19)15-12(8-20)10(2)16(3,21-15)13-5-4-11(17)6-14(13)18;1-9(7-19)15-12(8-20)10(2)16(3,21-15)11-4-5-13(17)14(18)6-11;1-9(7-19)15-12(8-20)10(2)16(3,21-15)13-5-4-11(17)6-14(13)18;1-10(8-18)15-14(9-19)11(2)16(3,20-15)12-4-6-13(17)7-5-12;1-11(9-17)15-14(10-18)12(2)16(3,19-15)13-7-5-4-6-8-13;1-7(5-12)10-9(6-13)8(2)11(3,4)14-10/h8-11H,5-7H2,1-4H3;3*4-6H,1-3H3;4-7H,1-3H3;4-8H,1-3H3;1-4H3/b19-14-;3*15-9-;15-10-;15-11-;10-7-. The van der Waals surface area contributed by atoms with Crippen molar-refractivity contribution in [2.75, 3.05) is 0 Å². The number of rotatable bonds is 9. The van der Waals surface area contributed by atoms with Crippen molar-refractivity contribution in [3.05, 3.63) is 367 Å². The second-order valence-corrected chi connectivity index (χ2v) is 35.9. The van der Waals surface area contributed by atoms with Gasteiger partial charge in [-0.05, 0) is 275 Å². The molecular weight excluding hydrogens is 1840 g/mol. The highest BCUT2D eigenvalue weighted by Crippen LogP contribution is 2.54. The van der Waals surface area contributed by atoms with E-state index in [-0.39, 0.29) is 28.3 Å². The Kier molecular flexibility index (Phi) is 36.1. The molecule has 7 heterocycles. The van der Waals surface area contributed by atoms with E-state index in [4.69, 9.17) is 122 Å². The molecule has 0 saturated heterocycles. The van der Waals surface area contributed by atoms with Crippen molar-refractivity contribution in [2.45, 2.75) is 218 Å². The molecule has 28 heteroatoms. The lowest BCUT2D eigenvalue weighted by Gasteiger charge is -2.28. The first-order valence-electron chi connectivity index (χ1n) is 43.1. The predicted molar refractivity (Wildman–Crippen MR) is 519 cm³/mol. The fraction of sp³-hybridized carbons (Fsp3) is 0.297. The number of nitrogens with zero attached hydrogens (tertiary/aromatic N) is 14. The van der Waals surface area contributed by atoms with E-state index in [1.54, 1.807) is 118 Å². The lowest BCUT2D eigenvalue weighted by atomic mass is 9.87. The van der Waals surface area contributed by atoms with Crippen LogP contribution in [0.4, 0.5) is 13.2 Å². The first-order chi connectivity index (χ1) is 65.4. The van der Waals surface area contributed by atoms with Gasteiger partial charge in [0.1, 0.15) is 65.5 Å². The van der Waals surface area contributed by atoms with Gasteiger partial charge in [-0.2, -0.15) is 73.7 Å². The van der Waals surface area contributed by atoms with Gasteiger partial charge in [-0.3, -0.25) is 0 Å². The van der Waals surface area contributed by atoms with Crippen LogP contribution < -0.4 is 0 Å². The molecule has 6 unspecified atom stereocenters. The summed E-state index contributed by atoms with van der Waals surface area (Å²) in [5.41, 5.74) is 10.6. The average Bonchev–Trinajstić information content (AvgIpc) is 1.55. The molecule has 7 aliphatic rings. The Morgan fingerprint density at radius 2 is 0.568 bits per heavy atom. The summed E-state index contributed by atoms with van der Waals surface area (Å²) >= 11 is 24.2. The van der Waals surface area contributed by atoms with E-state index in [0.717, 1.165) is 74.2 Å². The highest BCUT2D eigenvalue weighted by atomic mass is 35.5. The van der Waals surface area contributed by atoms with Crippen LogP contribution in [0.1, 0.15) is 211 Å². The SMILES string of the molecule is CC1=C(C#N)/C(=C(\C)C#N)OC1(C)C.CC1=C(C#N)/C(=C(\C)C#N)OC1(C)c1ccc(Cl)c(Cl)c1.CC1=C(C#N)/C(=C(\C)C#N)OC1(C)c1ccc(Cl)cc1Cl.CC1=C(C#N)/C(=C(\C)C#N)OC1(C)c1ccc(F)cc1.CC1=C(C#N)/C(=C(\C)C#N)OC1(C)c1ccc(F)cc1F.CC1=C(C#N)/C(=C(\C)C#N)OC1(C)c1ccccc1.CCCCc1ccc(C2(C)O/C(=C(/C)C#N)C(C#N)=C2C)cc1. The first kappa shape index (κ1) is 110. The van der Waals surface area contributed by atoms with Crippen molar-refractivity contribution >= 4 is 46.4 Å². The molecule has 7 aliphatic heterocycles. The zero-order valence-corrected chi connectivity index (χ0v) is 84.1. The third kappa shape index (κ3) is 22.4. The van der Waals surface area contributed by atoms with Crippen LogP contribution in [-0.2, 0) is 73.2 Å². The monoisotopic (exact) mass is 1930 g/mol. The highest BCUT2D eigenvalue weighted by Gasteiger charge is 2.49. The topological polar surface area (TPSA) is 398 Å². The van der Waals surface area contributed by atoms with Crippen molar-refractivity contribution in [3.63, 3.8) is 0 Å². The van der Waals surface area contributed by atoms with Crippen LogP contribution in [-0.4, -0.2) is 5.60 Å². The number of ether oxygens (including phenoxy) is 7. The molecule has 6 aromatic carbocycles. The fourth-order valence-electron chi connectivity index (χ4n) is 15.5. The van der Waals surface area contributed by atoms with Gasteiger partial charge in [0.2, 0.25) is 0 Å². The molecule has 139 heavy (non-hydrogen) atoms. The second kappa shape index (κ2) is 45.6. The summed E-state index contributed by atoms with van der Waals surface area (Å²) in [7, 11) is 0. The summed E-state index contributed by atoms with van der Waals surface area (Å²) in [6.07, 6.45) is 3.43. The molecule has 0 spiro atoms. The summed E-state index contributed by atoms with van der Waals surface area (Å²) in [4.78, 5) is 0. The van der Waals surface area contributed by atoms with Crippen LogP contribution >= 0.6 is 46.4 Å². The van der Waals surface area contributed by atoms with Crippen LogP contribution in [0.5, 0.6) is 0 Å². The van der Waals surface area contributed by atoms with Gasteiger partial charge in [-0.15, -0.1) is 0 Å². The van der Waals surface area contributed by atoms with Gasteiger partial charge < -0.3 is 33.2 Å². The molecule has 0 aromatic heterocycles. The Balaban J connectivity index is 0.000000221. The predicted octanol–water partition coefficient (Wildman–Crippen LogP) is 28.2. The van der Waals surface area contributed by atoms with Crippen molar-refractivity contribution < 1.29 is 46.3 Å². The van der Waals surface area contributed by atoms with E-state index >= 15 is 0 Å². The minimum Gasteiger partial charge on any atom is -0.481 e. The molecule has 702 valence electrons. The van der Waals surface area contributed by atoms with Gasteiger partial charge >= 0.3 is 0 Å². The molecule has 0 amide bonds. The van der Waals surface area contributed by atoms with Crippen molar-refractivity contribution in [3.8, 4) is 85.0 Å². The number of unbranched alkanes of at least 4 members (excludes halogenated alkanes) is 1. The van der Waals surface area contributed by atoms with Gasteiger partial charge in [-0.25, -0.2) is 13.2 Å². The summed E-state index contributed by atoms with van der Waals surface area (Å²) in [6, 6.07) is 66.4. The number of halogens is 7. The molecule has 0 saturated carbocycles. The summed E-state index contributed by atoms with van der Waals surface area (Å²) < 4.78 is 81.3. The van der Waals surface area contributed by atoms with Gasteiger partial charge in [0.15, 0.2) is 73.9 Å². The van der Waals surface area contributed by atoms with Crippen molar-refractivity contribution in [2.24, 2.45) is 0 Å². The van der Waals surface area contributed by atoms with Gasteiger partial charge in [-0.1, -0.05) is 139 Å². The van der Waals surface area contributed by atoms with E-state index in [9.17, 15) is 44.7 Å². The maximum absolute atomic E-state index is 14.1. The van der Waals surface area contributed by atoms with E-state index in [0.29, 0.717) is 133 Å². The van der Waals surface area contributed by atoms with Crippen molar-refractivity contribution in [1.82, 2.24) is 0 Å². The quantitative estimate of drug-likeness (QED) is 0.121. The van der Waals surface area contributed by atoms with Crippen LogP contribution in [0.15, 0.2) is 291 Å². The Morgan fingerprint density at radius 1 is 0.288 bits per heavy atom. The molecule has 0 fully saturated rings. The minimum atomic E-state index is -1.24. The van der Waals surface area contributed by atoms with Crippen LogP contribution in [0.25, 0.3) is 0 Å².